The van der Waals surface area contributed by atoms with E-state index < -0.39 is 0 Å². The molecule has 13 heavy (non-hydrogen) atoms. The van der Waals surface area contributed by atoms with Crippen molar-refractivity contribution < 1.29 is 9.13 Å². The lowest BCUT2D eigenvalue weighted by molar-refractivity contribution is 0.336. The van der Waals surface area contributed by atoms with Crippen LogP contribution in [0.5, 0.6) is 5.75 Å². The number of hydrogen-bond acceptors (Lipinski definition) is 2. The first-order valence-corrected chi connectivity index (χ1v) is 4.78. The zero-order valence-corrected chi connectivity index (χ0v) is 9.11. The average Bonchev–Trinajstić information content (AvgIpc) is 2.13. The van der Waals surface area contributed by atoms with Crippen LogP contribution in [-0.2, 0) is 0 Å². The summed E-state index contributed by atoms with van der Waals surface area (Å²) in [5.41, 5.74) is 0.698. The minimum absolute atomic E-state index is 0.324. The molecule has 0 aliphatic heterocycles. The summed E-state index contributed by atoms with van der Waals surface area (Å²) >= 11 is 3.12. The van der Waals surface area contributed by atoms with E-state index in [9.17, 15) is 4.39 Å². The molecule has 72 valence electrons. The molecule has 0 heterocycles. The van der Waals surface area contributed by atoms with Crippen molar-refractivity contribution in [1.29, 1.82) is 0 Å². The third-order valence-electron chi connectivity index (χ3n) is 1.58. The van der Waals surface area contributed by atoms with E-state index in [1.165, 1.54) is 6.07 Å². The monoisotopic (exact) mass is 247 g/mol. The minimum Gasteiger partial charge on any atom is -0.493 e. The van der Waals surface area contributed by atoms with Crippen molar-refractivity contribution >= 4 is 21.6 Å². The van der Waals surface area contributed by atoms with Gasteiger partial charge in [-0.15, -0.1) is 0 Å². The lowest BCUT2D eigenvalue weighted by atomic mass is 10.3. The first kappa shape index (κ1) is 10.3. The fraction of sp³-hybridized carbons (Fsp3) is 0.333. The topological polar surface area (TPSA) is 21.3 Å². The number of nitrogens with one attached hydrogen (secondary N) is 1. The molecular formula is C9H11BrFNO. The molecule has 4 heteroatoms. The molecule has 0 aromatic heterocycles. The fourth-order valence-corrected chi connectivity index (χ4v) is 1.31. The minimum atomic E-state index is -0.324. The first-order valence-electron chi connectivity index (χ1n) is 3.98. The van der Waals surface area contributed by atoms with Crippen molar-refractivity contribution in [3.8, 4) is 5.75 Å². The van der Waals surface area contributed by atoms with E-state index in [1.54, 1.807) is 13.1 Å². The predicted molar refractivity (Wildman–Crippen MR) is 54.8 cm³/mol. The van der Waals surface area contributed by atoms with Crippen molar-refractivity contribution in [3.63, 3.8) is 0 Å². The Kier molecular flexibility index (Phi) is 3.54. The zero-order valence-electron chi connectivity index (χ0n) is 7.53. The lowest BCUT2D eigenvalue weighted by Crippen LogP contribution is -1.96. The van der Waals surface area contributed by atoms with Crippen LogP contribution in [0.15, 0.2) is 16.6 Å². The summed E-state index contributed by atoms with van der Waals surface area (Å²) in [7, 11) is 1.73. The second kappa shape index (κ2) is 4.46. The van der Waals surface area contributed by atoms with Crippen molar-refractivity contribution in [3.05, 3.63) is 22.4 Å². The summed E-state index contributed by atoms with van der Waals surface area (Å²) in [6, 6.07) is 3.16. The molecular weight excluding hydrogens is 237 g/mol. The molecule has 2 nitrogen and oxygen atoms in total. The van der Waals surface area contributed by atoms with Gasteiger partial charge >= 0.3 is 0 Å². The number of hydrogen-bond donors (Lipinski definition) is 1. The summed E-state index contributed by atoms with van der Waals surface area (Å²) in [4.78, 5) is 0. The van der Waals surface area contributed by atoms with E-state index >= 15 is 0 Å². The van der Waals surface area contributed by atoms with Crippen LogP contribution in [0.3, 0.4) is 0 Å². The Morgan fingerprint density at radius 1 is 1.54 bits per heavy atom. The highest BCUT2D eigenvalue weighted by Crippen LogP contribution is 2.31. The maximum atomic E-state index is 13.2. The van der Waals surface area contributed by atoms with Crippen LogP contribution < -0.4 is 10.1 Å². The van der Waals surface area contributed by atoms with Gasteiger partial charge in [0.1, 0.15) is 11.6 Å². The summed E-state index contributed by atoms with van der Waals surface area (Å²) < 4.78 is 18.8. The Morgan fingerprint density at radius 2 is 2.23 bits per heavy atom. The summed E-state index contributed by atoms with van der Waals surface area (Å²) in [5.74, 6) is 0.196. The largest absolute Gasteiger partial charge is 0.493 e. The standard InChI is InChI=1S/C9H11BrFNO/c1-3-13-8-5-6(12-2)4-7(11)9(8)10/h4-5,12H,3H2,1-2H3. The van der Waals surface area contributed by atoms with Crippen LogP contribution in [0.2, 0.25) is 0 Å². The van der Waals surface area contributed by atoms with Crippen molar-refractivity contribution in [1.82, 2.24) is 0 Å². The molecule has 0 aliphatic rings. The fourth-order valence-electron chi connectivity index (χ4n) is 0.969. The maximum absolute atomic E-state index is 13.2. The molecule has 0 saturated carbocycles. The van der Waals surface area contributed by atoms with Gasteiger partial charge in [0.05, 0.1) is 11.1 Å². The maximum Gasteiger partial charge on any atom is 0.143 e. The van der Waals surface area contributed by atoms with Gasteiger partial charge in [0, 0.05) is 18.8 Å². The average molecular weight is 248 g/mol. The van der Waals surface area contributed by atoms with Gasteiger partial charge in [-0.25, -0.2) is 4.39 Å². The highest BCUT2D eigenvalue weighted by Gasteiger charge is 2.08. The Bertz CT molecular complexity index is 304. The van der Waals surface area contributed by atoms with Crippen molar-refractivity contribution in [2.24, 2.45) is 0 Å². The predicted octanol–water partition coefficient (Wildman–Crippen LogP) is 3.03. The Morgan fingerprint density at radius 3 is 2.77 bits per heavy atom. The molecule has 0 atom stereocenters. The van der Waals surface area contributed by atoms with E-state index in [1.807, 2.05) is 6.92 Å². The van der Waals surface area contributed by atoms with Gasteiger partial charge in [0.25, 0.3) is 0 Å². The molecule has 1 rings (SSSR count). The van der Waals surface area contributed by atoms with Gasteiger partial charge in [-0.2, -0.15) is 0 Å². The molecule has 0 saturated heterocycles. The molecule has 0 radical (unpaired) electrons. The smallest absolute Gasteiger partial charge is 0.143 e. The van der Waals surface area contributed by atoms with Gasteiger partial charge in [-0.05, 0) is 28.9 Å². The molecule has 0 bridgehead atoms. The van der Waals surface area contributed by atoms with E-state index in [4.69, 9.17) is 4.74 Å². The van der Waals surface area contributed by atoms with Crippen molar-refractivity contribution in [2.45, 2.75) is 6.92 Å². The van der Waals surface area contributed by atoms with Gasteiger partial charge < -0.3 is 10.1 Å². The molecule has 0 spiro atoms. The van der Waals surface area contributed by atoms with E-state index in [2.05, 4.69) is 21.2 Å². The summed E-state index contributed by atoms with van der Waals surface area (Å²) in [5, 5.41) is 2.85. The van der Waals surface area contributed by atoms with Crippen LogP contribution in [0.1, 0.15) is 6.92 Å². The SMILES string of the molecule is CCOc1cc(NC)cc(F)c1Br. The van der Waals surface area contributed by atoms with Crippen LogP contribution in [0.4, 0.5) is 10.1 Å². The Hall–Kier alpha value is -0.770. The quantitative estimate of drug-likeness (QED) is 0.887. The number of ether oxygens (including phenoxy) is 1. The number of rotatable bonds is 3. The second-order valence-corrected chi connectivity index (χ2v) is 3.25. The summed E-state index contributed by atoms with van der Waals surface area (Å²) in [6.07, 6.45) is 0. The van der Waals surface area contributed by atoms with Crippen LogP contribution in [0.25, 0.3) is 0 Å². The molecule has 1 N–H and O–H groups in total. The zero-order chi connectivity index (χ0) is 9.84. The van der Waals surface area contributed by atoms with Gasteiger partial charge in [0.2, 0.25) is 0 Å². The second-order valence-electron chi connectivity index (χ2n) is 2.45. The molecule has 0 unspecified atom stereocenters. The summed E-state index contributed by atoms with van der Waals surface area (Å²) in [6.45, 7) is 2.38. The third kappa shape index (κ3) is 2.34. The van der Waals surface area contributed by atoms with Gasteiger partial charge in [-0.1, -0.05) is 0 Å². The van der Waals surface area contributed by atoms with Gasteiger partial charge in [-0.3, -0.25) is 0 Å². The van der Waals surface area contributed by atoms with Crippen molar-refractivity contribution in [2.75, 3.05) is 19.0 Å². The van der Waals surface area contributed by atoms with Crippen LogP contribution in [0, 0.1) is 5.82 Å². The number of halogens is 2. The van der Waals surface area contributed by atoms with E-state index in [-0.39, 0.29) is 5.82 Å². The first-order chi connectivity index (χ1) is 6.19. The van der Waals surface area contributed by atoms with E-state index in [0.29, 0.717) is 22.5 Å². The normalized spacial score (nSPS) is 9.85. The molecule has 0 fully saturated rings. The Labute approximate surface area is 85.2 Å². The molecule has 1 aromatic carbocycles. The van der Waals surface area contributed by atoms with Crippen LogP contribution >= 0.6 is 15.9 Å². The molecule has 0 aliphatic carbocycles. The number of anilines is 1. The highest BCUT2D eigenvalue weighted by molar-refractivity contribution is 9.10. The molecule has 0 amide bonds. The van der Waals surface area contributed by atoms with Crippen LogP contribution in [-0.4, -0.2) is 13.7 Å². The lowest BCUT2D eigenvalue weighted by Gasteiger charge is -2.08. The van der Waals surface area contributed by atoms with Gasteiger partial charge in [0.15, 0.2) is 0 Å². The Balaban J connectivity index is 3.09. The molecule has 1 aromatic rings. The third-order valence-corrected chi connectivity index (χ3v) is 2.35. The number of benzene rings is 1. The highest BCUT2D eigenvalue weighted by atomic mass is 79.9. The van der Waals surface area contributed by atoms with E-state index in [0.717, 1.165) is 0 Å².